The molecule has 0 aliphatic rings. The Hall–Kier alpha value is -0.900. The van der Waals surface area contributed by atoms with Crippen LogP contribution in [-0.4, -0.2) is 31.1 Å². The monoisotopic (exact) mass is 216 g/mol. The van der Waals surface area contributed by atoms with Gasteiger partial charge < -0.3 is 9.47 Å². The largest absolute Gasteiger partial charge is 0.460 e. The van der Waals surface area contributed by atoms with Crippen LogP contribution in [0.3, 0.4) is 0 Å². The molecule has 0 rings (SSSR count). The summed E-state index contributed by atoms with van der Waals surface area (Å²) in [4.78, 5) is 22.4. The molecule has 0 spiro atoms. The van der Waals surface area contributed by atoms with Gasteiger partial charge in [0.05, 0.1) is 6.61 Å². The van der Waals surface area contributed by atoms with Crippen molar-refractivity contribution in [2.24, 2.45) is 5.92 Å². The first kappa shape index (κ1) is 14.1. The Morgan fingerprint density at radius 2 is 1.80 bits per heavy atom. The highest BCUT2D eigenvalue weighted by atomic mass is 16.6. The number of esters is 1. The van der Waals surface area contributed by atoms with Crippen molar-refractivity contribution in [3.8, 4) is 0 Å². The van der Waals surface area contributed by atoms with E-state index in [0.717, 1.165) is 0 Å². The van der Waals surface area contributed by atoms with Crippen LogP contribution in [-0.2, 0) is 19.1 Å². The van der Waals surface area contributed by atoms with Crippen LogP contribution in [0.15, 0.2) is 0 Å². The molecule has 0 amide bonds. The van der Waals surface area contributed by atoms with Gasteiger partial charge in [0.15, 0.2) is 0 Å². The van der Waals surface area contributed by atoms with E-state index in [2.05, 4.69) is 0 Å². The number of hydrogen-bond acceptors (Lipinski definition) is 4. The number of ketones is 1. The quantitative estimate of drug-likeness (QED) is 0.479. The normalized spacial score (nSPS) is 12.6. The summed E-state index contributed by atoms with van der Waals surface area (Å²) < 4.78 is 10.1. The predicted octanol–water partition coefficient (Wildman–Crippen LogP) is 1.57. The fourth-order valence-corrected chi connectivity index (χ4v) is 0.930. The Morgan fingerprint density at radius 3 is 2.27 bits per heavy atom. The van der Waals surface area contributed by atoms with Crippen molar-refractivity contribution in [2.75, 3.05) is 13.2 Å². The summed E-state index contributed by atoms with van der Waals surface area (Å²) in [5, 5.41) is 0. The summed E-state index contributed by atoms with van der Waals surface area (Å²) in [6, 6.07) is 0. The van der Waals surface area contributed by atoms with Crippen molar-refractivity contribution in [1.82, 2.24) is 0 Å². The highest BCUT2D eigenvalue weighted by Crippen LogP contribution is 2.02. The number of hydrogen-bond donors (Lipinski definition) is 0. The third-order valence-corrected chi connectivity index (χ3v) is 1.85. The molecule has 88 valence electrons. The van der Waals surface area contributed by atoms with Gasteiger partial charge >= 0.3 is 5.97 Å². The van der Waals surface area contributed by atoms with E-state index in [1.54, 1.807) is 20.8 Å². The molecule has 1 atom stereocenters. The summed E-state index contributed by atoms with van der Waals surface area (Å²) in [7, 11) is 0. The summed E-state index contributed by atoms with van der Waals surface area (Å²) in [6.45, 7) is 8.10. The zero-order valence-electron chi connectivity index (χ0n) is 9.91. The van der Waals surface area contributed by atoms with Gasteiger partial charge in [-0.2, -0.15) is 0 Å². The molecule has 0 aliphatic carbocycles. The van der Waals surface area contributed by atoms with Gasteiger partial charge in [-0.1, -0.05) is 13.8 Å². The summed E-state index contributed by atoms with van der Waals surface area (Å²) in [5.41, 5.74) is 0. The Bertz CT molecular complexity index is 211. The van der Waals surface area contributed by atoms with Gasteiger partial charge in [-0.05, 0) is 13.8 Å². The second kappa shape index (κ2) is 7.40. The van der Waals surface area contributed by atoms with Gasteiger partial charge in [0.25, 0.3) is 0 Å². The van der Waals surface area contributed by atoms with E-state index in [9.17, 15) is 9.59 Å². The minimum absolute atomic E-state index is 0.0939. The second-order valence-electron chi connectivity index (χ2n) is 3.76. The molecular weight excluding hydrogens is 196 g/mol. The third-order valence-electron chi connectivity index (χ3n) is 1.85. The van der Waals surface area contributed by atoms with E-state index in [0.29, 0.717) is 13.2 Å². The molecule has 0 fully saturated rings. The smallest absolute Gasteiger partial charge is 0.313 e. The molecule has 4 nitrogen and oxygen atoms in total. The number of Topliss-reactive ketones (excluding diaryl/α,β-unsaturated/α-hetero) is 1. The molecule has 0 radical (unpaired) electrons. The fourth-order valence-electron chi connectivity index (χ4n) is 0.930. The van der Waals surface area contributed by atoms with Crippen LogP contribution >= 0.6 is 0 Å². The van der Waals surface area contributed by atoms with Crippen LogP contribution in [0.5, 0.6) is 0 Å². The molecule has 0 N–H and O–H groups in total. The highest BCUT2D eigenvalue weighted by Gasteiger charge is 2.16. The van der Waals surface area contributed by atoms with Gasteiger partial charge in [-0.25, -0.2) is 0 Å². The lowest BCUT2D eigenvalue weighted by molar-refractivity contribution is -0.153. The maximum absolute atomic E-state index is 11.2. The van der Waals surface area contributed by atoms with E-state index >= 15 is 0 Å². The zero-order valence-corrected chi connectivity index (χ0v) is 9.91. The molecule has 1 unspecified atom stereocenters. The maximum Gasteiger partial charge on any atom is 0.313 e. The first-order valence-corrected chi connectivity index (χ1v) is 5.27. The molecule has 0 bridgehead atoms. The van der Waals surface area contributed by atoms with Crippen molar-refractivity contribution in [3.63, 3.8) is 0 Å². The number of ether oxygens (including phenoxy) is 2. The first-order chi connectivity index (χ1) is 6.97. The topological polar surface area (TPSA) is 52.6 Å². The van der Waals surface area contributed by atoms with Gasteiger partial charge in [-0.3, -0.25) is 9.59 Å². The minimum Gasteiger partial charge on any atom is -0.460 e. The number of carbonyl (C=O) groups is 2. The average Bonchev–Trinajstić information content (AvgIpc) is 2.14. The minimum atomic E-state index is -0.471. The van der Waals surface area contributed by atoms with Crippen LogP contribution < -0.4 is 0 Å². The van der Waals surface area contributed by atoms with Crippen molar-refractivity contribution in [2.45, 2.75) is 40.2 Å². The van der Waals surface area contributed by atoms with E-state index in [4.69, 9.17) is 9.47 Å². The molecule has 0 aliphatic heterocycles. The van der Waals surface area contributed by atoms with Crippen LogP contribution in [0.1, 0.15) is 34.1 Å². The molecule has 0 heterocycles. The highest BCUT2D eigenvalue weighted by molar-refractivity contribution is 5.96. The summed E-state index contributed by atoms with van der Waals surface area (Å²) in [5.74, 6) is -0.690. The fraction of sp³-hybridized carbons (Fsp3) is 0.818. The van der Waals surface area contributed by atoms with E-state index in [1.165, 1.54) is 0 Å². The van der Waals surface area contributed by atoms with Crippen molar-refractivity contribution in [1.29, 1.82) is 0 Å². The molecular formula is C11H20O4. The molecule has 0 aromatic carbocycles. The molecule has 15 heavy (non-hydrogen) atoms. The number of rotatable bonds is 7. The lowest BCUT2D eigenvalue weighted by atomic mass is 10.1. The SMILES string of the molecule is CCOCC(C)OC(=O)CC(=O)C(C)C. The van der Waals surface area contributed by atoms with Crippen LogP contribution in [0.2, 0.25) is 0 Å². The van der Waals surface area contributed by atoms with Gasteiger partial charge in [0.1, 0.15) is 18.3 Å². The van der Waals surface area contributed by atoms with Crippen LogP contribution in [0.4, 0.5) is 0 Å². The van der Waals surface area contributed by atoms with E-state index < -0.39 is 5.97 Å². The van der Waals surface area contributed by atoms with Gasteiger partial charge in [0, 0.05) is 12.5 Å². The van der Waals surface area contributed by atoms with Gasteiger partial charge in [0.2, 0.25) is 0 Å². The third kappa shape index (κ3) is 7.08. The summed E-state index contributed by atoms with van der Waals surface area (Å²) in [6.07, 6.45) is -0.439. The van der Waals surface area contributed by atoms with Crippen LogP contribution in [0.25, 0.3) is 0 Å². The Balaban J connectivity index is 3.78. The standard InChI is InChI=1S/C11H20O4/c1-5-14-7-9(4)15-11(13)6-10(12)8(2)3/h8-9H,5-7H2,1-4H3. The van der Waals surface area contributed by atoms with Crippen LogP contribution in [0, 0.1) is 5.92 Å². The Morgan fingerprint density at radius 1 is 1.20 bits per heavy atom. The van der Waals surface area contributed by atoms with Crippen molar-refractivity contribution in [3.05, 3.63) is 0 Å². The molecule has 0 saturated carbocycles. The Labute approximate surface area is 90.9 Å². The van der Waals surface area contributed by atoms with Crippen molar-refractivity contribution < 1.29 is 19.1 Å². The lowest BCUT2D eigenvalue weighted by Crippen LogP contribution is -2.23. The van der Waals surface area contributed by atoms with E-state index in [1.807, 2.05) is 6.92 Å². The van der Waals surface area contributed by atoms with E-state index in [-0.39, 0.29) is 24.2 Å². The lowest BCUT2D eigenvalue weighted by Gasteiger charge is -2.13. The first-order valence-electron chi connectivity index (χ1n) is 5.27. The summed E-state index contributed by atoms with van der Waals surface area (Å²) >= 11 is 0. The predicted molar refractivity (Wildman–Crippen MR) is 56.5 cm³/mol. The average molecular weight is 216 g/mol. The molecule has 0 aromatic rings. The number of carbonyl (C=O) groups excluding carboxylic acids is 2. The second-order valence-corrected chi connectivity index (χ2v) is 3.76. The maximum atomic E-state index is 11.2. The van der Waals surface area contributed by atoms with Gasteiger partial charge in [-0.15, -0.1) is 0 Å². The Kier molecular flexibility index (Phi) is 6.96. The molecule has 4 heteroatoms. The molecule has 0 aromatic heterocycles. The van der Waals surface area contributed by atoms with Crippen molar-refractivity contribution >= 4 is 11.8 Å². The molecule has 0 saturated heterocycles. The zero-order chi connectivity index (χ0) is 11.8.